The van der Waals surface area contributed by atoms with Crippen molar-refractivity contribution >= 4 is 60.4 Å². The molecule has 13 rings (SSSR count). The average Bonchev–Trinajstić information content (AvgIpc) is 3.92. The van der Waals surface area contributed by atoms with Gasteiger partial charge in [-0.3, -0.25) is 0 Å². The van der Waals surface area contributed by atoms with Crippen molar-refractivity contribution in [2.24, 2.45) is 0 Å². The monoisotopic (exact) mass is 742 g/mol. The molecule has 1 aromatic heterocycles. The zero-order chi connectivity index (χ0) is 38.3. The van der Waals surface area contributed by atoms with Crippen LogP contribution in [0.2, 0.25) is 0 Å². The Balaban J connectivity index is 1.11. The molecule has 2 heterocycles. The van der Waals surface area contributed by atoms with E-state index < -0.39 is 0 Å². The third-order valence-corrected chi connectivity index (χ3v) is 14.4. The lowest BCUT2D eigenvalue weighted by Gasteiger charge is -2.34. The molecule has 58 heavy (non-hydrogen) atoms. The Morgan fingerprint density at radius 2 is 1.24 bits per heavy atom. The number of hydrogen-bond acceptors (Lipinski definition) is 1. The smallest absolute Gasteiger partial charge is 0.0582 e. The second-order valence-corrected chi connectivity index (χ2v) is 17.5. The topological polar surface area (TPSA) is 8.17 Å². The highest BCUT2D eigenvalue weighted by Gasteiger charge is 2.49. The first-order valence-corrected chi connectivity index (χ1v) is 21.0. The van der Waals surface area contributed by atoms with E-state index in [1.54, 1.807) is 11.1 Å². The first-order chi connectivity index (χ1) is 28.5. The molecule has 276 valence electrons. The molecule has 2 nitrogen and oxygen atoms in total. The molecule has 0 saturated carbocycles. The maximum atomic E-state index is 2.57. The van der Waals surface area contributed by atoms with Gasteiger partial charge in [0.25, 0.3) is 0 Å². The van der Waals surface area contributed by atoms with Gasteiger partial charge in [0.05, 0.1) is 22.4 Å². The quantitative estimate of drug-likeness (QED) is 0.164. The molecule has 0 radical (unpaired) electrons. The number of fused-ring (bicyclic) bond motifs is 14. The van der Waals surface area contributed by atoms with Crippen LogP contribution in [0.15, 0.2) is 181 Å². The van der Waals surface area contributed by atoms with Crippen LogP contribution in [0.5, 0.6) is 0 Å². The number of aromatic nitrogens is 1. The minimum Gasteiger partial charge on any atom is -0.310 e. The van der Waals surface area contributed by atoms with E-state index in [1.165, 1.54) is 107 Å². The molecule has 3 aliphatic carbocycles. The SMILES string of the molecule is CC1(C)c2ccccc2-n2c3ccc(N(c4ccc5c(c4)C4(CCC6=C4C=CCC6)c4ccccc4-5)c4cc5ccccc5c5ccccc45)cc3c3cccc1c32. The first kappa shape index (κ1) is 32.4. The predicted octanol–water partition coefficient (Wildman–Crippen LogP) is 14.9. The number of nitrogens with zero attached hydrogens (tertiary/aromatic N) is 2. The Morgan fingerprint density at radius 1 is 0.534 bits per heavy atom. The van der Waals surface area contributed by atoms with Gasteiger partial charge in [-0.25, -0.2) is 0 Å². The van der Waals surface area contributed by atoms with Gasteiger partial charge in [0.15, 0.2) is 0 Å². The Hall–Kier alpha value is -6.64. The van der Waals surface area contributed by atoms with E-state index in [-0.39, 0.29) is 10.8 Å². The third-order valence-electron chi connectivity index (χ3n) is 14.4. The normalized spacial score (nSPS) is 18.3. The van der Waals surface area contributed by atoms with E-state index >= 15 is 0 Å². The Kier molecular flexibility index (Phi) is 6.42. The number of para-hydroxylation sites is 2. The van der Waals surface area contributed by atoms with Gasteiger partial charge in [0.1, 0.15) is 0 Å². The largest absolute Gasteiger partial charge is 0.310 e. The Bertz CT molecular complexity index is 3330. The summed E-state index contributed by atoms with van der Waals surface area (Å²) in [5, 5.41) is 7.63. The van der Waals surface area contributed by atoms with Gasteiger partial charge in [-0.05, 0) is 123 Å². The van der Waals surface area contributed by atoms with E-state index in [0.717, 1.165) is 18.5 Å². The van der Waals surface area contributed by atoms with Gasteiger partial charge >= 0.3 is 0 Å². The summed E-state index contributed by atoms with van der Waals surface area (Å²) in [4.78, 5) is 2.57. The van der Waals surface area contributed by atoms with Crippen LogP contribution in [0.4, 0.5) is 17.1 Å². The molecule has 0 N–H and O–H groups in total. The third kappa shape index (κ3) is 4.07. The van der Waals surface area contributed by atoms with Gasteiger partial charge in [-0.2, -0.15) is 0 Å². The van der Waals surface area contributed by atoms with Gasteiger partial charge in [0, 0.05) is 38.4 Å². The Morgan fingerprint density at radius 3 is 2.16 bits per heavy atom. The van der Waals surface area contributed by atoms with Crippen LogP contribution in [0.3, 0.4) is 0 Å². The molecule has 1 aliphatic heterocycles. The first-order valence-electron chi connectivity index (χ1n) is 21.0. The molecule has 0 saturated heterocycles. The lowest BCUT2D eigenvalue weighted by molar-refractivity contribution is 0.619. The minimum absolute atomic E-state index is 0.111. The summed E-state index contributed by atoms with van der Waals surface area (Å²) in [7, 11) is 0. The predicted molar refractivity (Wildman–Crippen MR) is 243 cm³/mol. The molecule has 8 aromatic carbocycles. The van der Waals surface area contributed by atoms with E-state index in [1.807, 2.05) is 0 Å². The molecular formula is C56H42N2. The second-order valence-electron chi connectivity index (χ2n) is 17.5. The molecule has 0 fully saturated rings. The van der Waals surface area contributed by atoms with Gasteiger partial charge < -0.3 is 9.47 Å². The number of allylic oxidation sites excluding steroid dienone is 4. The van der Waals surface area contributed by atoms with Crippen LogP contribution < -0.4 is 4.90 Å². The summed E-state index contributed by atoms with van der Waals surface area (Å²) >= 11 is 0. The van der Waals surface area contributed by atoms with Crippen LogP contribution in [0.25, 0.3) is 60.2 Å². The van der Waals surface area contributed by atoms with Gasteiger partial charge in [-0.15, -0.1) is 0 Å². The zero-order valence-corrected chi connectivity index (χ0v) is 32.9. The summed E-state index contributed by atoms with van der Waals surface area (Å²) < 4.78 is 2.53. The number of rotatable bonds is 3. The molecular weight excluding hydrogens is 701 g/mol. The molecule has 2 heteroatoms. The molecule has 4 aliphatic rings. The zero-order valence-electron chi connectivity index (χ0n) is 32.9. The minimum atomic E-state index is -0.130. The van der Waals surface area contributed by atoms with Crippen molar-refractivity contribution in [1.82, 2.24) is 4.57 Å². The molecule has 9 aromatic rings. The maximum absolute atomic E-state index is 2.57. The fourth-order valence-electron chi connectivity index (χ4n) is 11.9. The maximum Gasteiger partial charge on any atom is 0.0582 e. The van der Waals surface area contributed by atoms with Crippen LogP contribution in [-0.2, 0) is 10.8 Å². The summed E-state index contributed by atoms with van der Waals surface area (Å²) in [6.45, 7) is 4.76. The fraction of sp³-hybridized carbons (Fsp3) is 0.143. The summed E-state index contributed by atoms with van der Waals surface area (Å²) in [5.74, 6) is 0. The van der Waals surface area contributed by atoms with Crippen molar-refractivity contribution in [1.29, 1.82) is 0 Å². The summed E-state index contributed by atoms with van der Waals surface area (Å²) in [6.07, 6.45) is 9.51. The number of benzene rings is 8. The standard InChI is InChI=1S/C56H42N2/c1-55(2)48-23-11-12-25-52(48)58-51-29-27-37(33-45(51)44-20-13-24-49(55)54(44)58)57(53-32-36-15-3-5-16-39(36)40-17-6-7-19-43(40)53)38-26-28-42-41-18-8-10-22-47(41)56(50(42)34-38)31-30-35-14-4-9-21-46(35)56/h3,5-13,15-29,32-34H,4,14,30-31H2,1-2H3. The molecule has 1 spiro atoms. The van der Waals surface area contributed by atoms with Crippen molar-refractivity contribution in [2.75, 3.05) is 4.90 Å². The van der Waals surface area contributed by atoms with E-state index in [9.17, 15) is 0 Å². The highest BCUT2D eigenvalue weighted by molar-refractivity contribution is 6.16. The van der Waals surface area contributed by atoms with Crippen molar-refractivity contribution in [3.05, 3.63) is 203 Å². The van der Waals surface area contributed by atoms with Crippen molar-refractivity contribution in [3.8, 4) is 16.8 Å². The van der Waals surface area contributed by atoms with E-state index in [0.29, 0.717) is 0 Å². The van der Waals surface area contributed by atoms with Crippen molar-refractivity contribution in [3.63, 3.8) is 0 Å². The lowest BCUT2D eigenvalue weighted by atomic mass is 9.71. The van der Waals surface area contributed by atoms with Gasteiger partial charge in [0.2, 0.25) is 0 Å². The van der Waals surface area contributed by atoms with Crippen molar-refractivity contribution in [2.45, 2.75) is 50.4 Å². The molecule has 1 atom stereocenters. The average molecular weight is 743 g/mol. The van der Waals surface area contributed by atoms with Crippen LogP contribution >= 0.6 is 0 Å². The van der Waals surface area contributed by atoms with E-state index in [2.05, 4.69) is 193 Å². The number of hydrogen-bond donors (Lipinski definition) is 0. The highest BCUT2D eigenvalue weighted by atomic mass is 15.1. The Labute approximate surface area is 339 Å². The van der Waals surface area contributed by atoms with Crippen LogP contribution in [0.1, 0.15) is 61.8 Å². The molecule has 0 bridgehead atoms. The van der Waals surface area contributed by atoms with Gasteiger partial charge in [-0.1, -0.05) is 147 Å². The fourth-order valence-corrected chi connectivity index (χ4v) is 11.9. The van der Waals surface area contributed by atoms with Crippen LogP contribution in [0, 0.1) is 0 Å². The number of anilines is 3. The van der Waals surface area contributed by atoms with E-state index in [4.69, 9.17) is 0 Å². The lowest BCUT2D eigenvalue weighted by Crippen LogP contribution is -2.26. The van der Waals surface area contributed by atoms with Crippen LogP contribution in [-0.4, -0.2) is 4.57 Å². The summed E-state index contributed by atoms with van der Waals surface area (Å²) in [5.41, 5.74) is 18.8. The highest BCUT2D eigenvalue weighted by Crippen LogP contribution is 2.61. The van der Waals surface area contributed by atoms with Crippen molar-refractivity contribution < 1.29 is 0 Å². The molecule has 1 unspecified atom stereocenters. The molecule has 0 amide bonds. The second kappa shape index (κ2) is 11.5. The summed E-state index contributed by atoms with van der Waals surface area (Å²) in [6, 6.07) is 60.1.